The van der Waals surface area contributed by atoms with Gasteiger partial charge in [-0.1, -0.05) is 78.9 Å². The number of thiophene rings is 1. The maximum atomic E-state index is 12.3. The molecule has 0 fully saturated rings. The zero-order valence-electron chi connectivity index (χ0n) is 31.7. The summed E-state index contributed by atoms with van der Waals surface area (Å²) in [6, 6.07) is 25.1. The van der Waals surface area contributed by atoms with Crippen LogP contribution in [0.3, 0.4) is 0 Å². The molecule has 15 nitrogen and oxygen atoms in total. The summed E-state index contributed by atoms with van der Waals surface area (Å²) in [5.41, 5.74) is 0.978. The Morgan fingerprint density at radius 3 is 1.48 bits per heavy atom. The SMILES string of the molecule is Bc1c(O)c(O)c2c3c4sc5c(O)c(O)c(-c6cccc(-c7nc(-c8ccccc8)nc(-c8ccccc8)n7)c6)c(O)c5c4c(O)c4c5c(O)c(O)c(O)c(O)c5n(c2c1O)c43. The Morgan fingerprint density at radius 1 is 0.371 bits per heavy atom. The van der Waals surface area contributed by atoms with E-state index in [1.165, 1.54) is 7.85 Å². The summed E-state index contributed by atoms with van der Waals surface area (Å²) in [5.74, 6) is -7.84. The average molecular weight is 843 g/mol. The number of rotatable bonds is 4. The van der Waals surface area contributed by atoms with E-state index in [0.717, 1.165) is 26.9 Å². The van der Waals surface area contributed by atoms with Gasteiger partial charge in [-0.2, -0.15) is 0 Å². The normalized spacial score (nSPS) is 12.0. The Hall–Kier alpha value is -8.57. The maximum Gasteiger partial charge on any atom is 0.206 e. The summed E-state index contributed by atoms with van der Waals surface area (Å²) < 4.78 is 1.08. The fourth-order valence-corrected chi connectivity index (χ4v) is 9.92. The van der Waals surface area contributed by atoms with Gasteiger partial charge in [-0.3, -0.25) is 0 Å². The highest BCUT2D eigenvalue weighted by Crippen LogP contribution is 2.63. The van der Waals surface area contributed by atoms with Crippen LogP contribution in [0.5, 0.6) is 63.2 Å². The number of aromatic hydroxyl groups is 11. The van der Waals surface area contributed by atoms with Crippen LogP contribution in [0.1, 0.15) is 0 Å². The number of benzene rings is 7. The van der Waals surface area contributed by atoms with Crippen LogP contribution < -0.4 is 5.46 Å². The number of hydrogen-bond acceptors (Lipinski definition) is 15. The molecule has 0 aliphatic carbocycles. The van der Waals surface area contributed by atoms with E-state index >= 15 is 0 Å². The van der Waals surface area contributed by atoms with Gasteiger partial charge in [0.1, 0.15) is 30.6 Å². The standard InChI is InChI=1S/C45H27BN4O11S/c46-26-35(56)28-22(33(54)36(26)57)23-27-20(21-29(50(27)28)37(58)39(60)38(59)34(21)55)31(52)24-25-30(51)19(32(53)40(61)42(25)62-41(23)24)17-12-7-13-18(14-17)45-48-43(15-8-3-1-4-9-15)47-44(49-45)16-10-5-2-6-11-16/h1-14,51-61H,46H2. The third-order valence-electron chi connectivity index (χ3n) is 11.5. The van der Waals surface area contributed by atoms with Crippen LogP contribution in [0.2, 0.25) is 0 Å². The van der Waals surface area contributed by atoms with E-state index in [2.05, 4.69) is 0 Å². The molecular formula is C45H27BN4O11S. The second kappa shape index (κ2) is 12.5. The van der Waals surface area contributed by atoms with Crippen LogP contribution in [0.25, 0.3) is 104 Å². The first kappa shape index (κ1) is 36.5. The van der Waals surface area contributed by atoms with Gasteiger partial charge in [0.2, 0.25) is 11.5 Å². The van der Waals surface area contributed by atoms with E-state index in [4.69, 9.17) is 15.0 Å². The first-order valence-electron chi connectivity index (χ1n) is 18.8. The molecule has 11 rings (SSSR count). The predicted octanol–water partition coefficient (Wildman–Crippen LogP) is 7.08. The summed E-state index contributed by atoms with van der Waals surface area (Å²) in [6.45, 7) is 0. The van der Waals surface area contributed by atoms with Gasteiger partial charge in [-0.15, -0.1) is 11.3 Å². The van der Waals surface area contributed by atoms with Gasteiger partial charge < -0.3 is 60.6 Å². The van der Waals surface area contributed by atoms with Crippen molar-refractivity contribution >= 4 is 82.9 Å². The van der Waals surface area contributed by atoms with Gasteiger partial charge in [0.05, 0.1) is 42.8 Å². The molecule has 62 heavy (non-hydrogen) atoms. The van der Waals surface area contributed by atoms with Crippen molar-refractivity contribution in [3.8, 4) is 109 Å². The molecule has 0 atom stereocenters. The summed E-state index contributed by atoms with van der Waals surface area (Å²) in [5, 5.41) is 125. The Balaban J connectivity index is 1.24. The first-order valence-corrected chi connectivity index (χ1v) is 19.6. The van der Waals surface area contributed by atoms with E-state index in [0.29, 0.717) is 17.2 Å². The molecule has 11 aromatic rings. The molecule has 4 aromatic heterocycles. The highest BCUT2D eigenvalue weighted by Gasteiger charge is 2.36. The minimum Gasteiger partial charge on any atom is -0.507 e. The molecule has 0 saturated heterocycles. The van der Waals surface area contributed by atoms with E-state index in [-0.39, 0.29) is 75.2 Å². The summed E-state index contributed by atoms with van der Waals surface area (Å²) in [7, 11) is 1.31. The smallest absolute Gasteiger partial charge is 0.206 e. The molecule has 0 spiro atoms. The molecule has 0 radical (unpaired) electrons. The zero-order valence-corrected chi connectivity index (χ0v) is 32.5. The molecule has 17 heteroatoms. The summed E-state index contributed by atoms with van der Waals surface area (Å²) in [6.07, 6.45) is 0. The van der Waals surface area contributed by atoms with Gasteiger partial charge >= 0.3 is 0 Å². The molecule has 302 valence electrons. The number of fused-ring (bicyclic) bond motifs is 10. The number of aromatic nitrogens is 4. The molecule has 0 unspecified atom stereocenters. The molecule has 0 saturated carbocycles. The summed E-state index contributed by atoms with van der Waals surface area (Å²) in [4.78, 5) is 14.3. The molecule has 0 aliphatic rings. The van der Waals surface area contributed by atoms with Crippen LogP contribution in [0.4, 0.5) is 0 Å². The minimum absolute atomic E-state index is 0.00110. The Labute approximate surface area is 350 Å². The molecular weight excluding hydrogens is 815 g/mol. The van der Waals surface area contributed by atoms with Crippen molar-refractivity contribution in [2.75, 3.05) is 0 Å². The van der Waals surface area contributed by atoms with Crippen molar-refractivity contribution < 1.29 is 56.2 Å². The Kier molecular flexibility index (Phi) is 7.35. The number of phenols is 11. The van der Waals surface area contributed by atoms with E-state index in [9.17, 15) is 56.2 Å². The molecule has 0 aliphatic heterocycles. The molecule has 0 bridgehead atoms. The van der Waals surface area contributed by atoms with Crippen molar-refractivity contribution in [1.29, 1.82) is 0 Å². The average Bonchev–Trinajstić information content (AvgIpc) is 3.98. The van der Waals surface area contributed by atoms with E-state index in [1.54, 1.807) is 24.3 Å². The van der Waals surface area contributed by atoms with Crippen LogP contribution >= 0.6 is 11.3 Å². The summed E-state index contributed by atoms with van der Waals surface area (Å²) >= 11 is 0.777. The van der Waals surface area contributed by atoms with Crippen LogP contribution in [0.15, 0.2) is 84.9 Å². The van der Waals surface area contributed by atoms with E-state index in [1.807, 2.05) is 60.7 Å². The van der Waals surface area contributed by atoms with Gasteiger partial charge in [-0.05, 0) is 17.1 Å². The lowest BCUT2D eigenvalue weighted by molar-refractivity contribution is 0.350. The lowest BCUT2D eigenvalue weighted by atomic mass is 9.91. The minimum atomic E-state index is -1.13. The Bertz CT molecular complexity index is 3730. The fourth-order valence-electron chi connectivity index (χ4n) is 8.62. The molecule has 7 aromatic carbocycles. The number of hydrogen-bond donors (Lipinski definition) is 11. The van der Waals surface area contributed by atoms with Gasteiger partial charge in [0.25, 0.3) is 0 Å². The Morgan fingerprint density at radius 2 is 0.855 bits per heavy atom. The van der Waals surface area contributed by atoms with Gasteiger partial charge in [0.15, 0.2) is 52.0 Å². The largest absolute Gasteiger partial charge is 0.507 e. The van der Waals surface area contributed by atoms with Crippen molar-refractivity contribution in [3.05, 3.63) is 84.9 Å². The van der Waals surface area contributed by atoms with Gasteiger partial charge in [-0.25, -0.2) is 15.0 Å². The van der Waals surface area contributed by atoms with Crippen LogP contribution in [0, 0.1) is 0 Å². The fraction of sp³-hybridized carbons (Fsp3) is 0. The zero-order chi connectivity index (χ0) is 43.2. The second-order valence-electron chi connectivity index (χ2n) is 14.8. The van der Waals surface area contributed by atoms with Crippen molar-refractivity contribution in [2.45, 2.75) is 0 Å². The van der Waals surface area contributed by atoms with Crippen molar-refractivity contribution in [2.24, 2.45) is 0 Å². The molecule has 4 heterocycles. The quantitative estimate of drug-likeness (QED) is 0.0481. The third-order valence-corrected chi connectivity index (χ3v) is 12.7. The van der Waals surface area contributed by atoms with Crippen molar-refractivity contribution in [3.63, 3.8) is 0 Å². The predicted molar refractivity (Wildman–Crippen MR) is 236 cm³/mol. The number of phenolic OH excluding ortho intramolecular Hbond substituents is 11. The molecule has 11 N–H and O–H groups in total. The van der Waals surface area contributed by atoms with Crippen LogP contribution in [-0.4, -0.2) is 83.4 Å². The second-order valence-corrected chi connectivity index (χ2v) is 15.9. The van der Waals surface area contributed by atoms with Crippen LogP contribution in [-0.2, 0) is 0 Å². The highest BCUT2D eigenvalue weighted by atomic mass is 32.1. The van der Waals surface area contributed by atoms with E-state index < -0.39 is 68.8 Å². The topological polar surface area (TPSA) is 266 Å². The first-order chi connectivity index (χ1) is 29.8. The lowest BCUT2D eigenvalue weighted by Crippen LogP contribution is -2.05. The van der Waals surface area contributed by atoms with Crippen molar-refractivity contribution in [1.82, 2.24) is 19.4 Å². The third kappa shape index (κ3) is 4.56. The van der Waals surface area contributed by atoms with Gasteiger partial charge in [0, 0.05) is 32.2 Å². The lowest BCUT2D eigenvalue weighted by Gasteiger charge is -2.13. The highest BCUT2D eigenvalue weighted by molar-refractivity contribution is 7.27. The number of nitrogens with zero attached hydrogens (tertiary/aromatic N) is 4. The molecule has 0 amide bonds. The maximum absolute atomic E-state index is 12.3. The monoisotopic (exact) mass is 842 g/mol.